The molecule has 0 saturated heterocycles. The zero-order valence-corrected chi connectivity index (χ0v) is 9.29. The molecule has 1 heterocycles. The SMILES string of the molecule is CC(C)c1ccc2c(c1)C=C(CN)CO2. The summed E-state index contributed by atoms with van der Waals surface area (Å²) in [6.07, 6.45) is 2.14. The molecule has 2 rings (SSSR count). The van der Waals surface area contributed by atoms with Crippen molar-refractivity contribution in [3.05, 3.63) is 34.9 Å². The number of ether oxygens (including phenoxy) is 1. The first-order valence-electron chi connectivity index (χ1n) is 5.37. The Morgan fingerprint density at radius 1 is 1.40 bits per heavy atom. The molecule has 0 atom stereocenters. The molecule has 0 radical (unpaired) electrons. The number of fused-ring (bicyclic) bond motifs is 1. The Balaban J connectivity index is 2.40. The second-order valence-corrected chi connectivity index (χ2v) is 4.25. The van der Waals surface area contributed by atoms with Crippen LogP contribution in [-0.2, 0) is 0 Å². The minimum Gasteiger partial charge on any atom is -0.489 e. The van der Waals surface area contributed by atoms with Gasteiger partial charge in [0.2, 0.25) is 0 Å². The van der Waals surface area contributed by atoms with Crippen LogP contribution in [0.2, 0.25) is 0 Å². The van der Waals surface area contributed by atoms with Gasteiger partial charge in [0, 0.05) is 12.1 Å². The van der Waals surface area contributed by atoms with Gasteiger partial charge in [-0.05, 0) is 35.3 Å². The summed E-state index contributed by atoms with van der Waals surface area (Å²) in [7, 11) is 0. The number of hydrogen-bond donors (Lipinski definition) is 1. The molecule has 1 aliphatic rings. The highest BCUT2D eigenvalue weighted by Crippen LogP contribution is 2.29. The quantitative estimate of drug-likeness (QED) is 0.801. The molecule has 15 heavy (non-hydrogen) atoms. The maximum absolute atomic E-state index is 5.61. The molecule has 80 valence electrons. The van der Waals surface area contributed by atoms with E-state index in [0.29, 0.717) is 19.1 Å². The molecule has 2 nitrogen and oxygen atoms in total. The van der Waals surface area contributed by atoms with E-state index in [1.165, 1.54) is 5.56 Å². The van der Waals surface area contributed by atoms with E-state index in [1.54, 1.807) is 0 Å². The summed E-state index contributed by atoms with van der Waals surface area (Å²) in [4.78, 5) is 0. The van der Waals surface area contributed by atoms with Crippen LogP contribution in [-0.4, -0.2) is 13.2 Å². The Kier molecular flexibility index (Phi) is 2.78. The lowest BCUT2D eigenvalue weighted by Gasteiger charge is -2.18. The maximum atomic E-state index is 5.61. The average Bonchev–Trinajstić information content (AvgIpc) is 2.27. The average molecular weight is 203 g/mol. The van der Waals surface area contributed by atoms with Crippen LogP contribution < -0.4 is 10.5 Å². The van der Waals surface area contributed by atoms with Gasteiger partial charge in [0.15, 0.2) is 0 Å². The zero-order valence-electron chi connectivity index (χ0n) is 9.29. The molecule has 0 spiro atoms. The van der Waals surface area contributed by atoms with Crippen molar-refractivity contribution in [1.82, 2.24) is 0 Å². The van der Waals surface area contributed by atoms with Crippen LogP contribution in [0.25, 0.3) is 6.08 Å². The predicted octanol–water partition coefficient (Wildman–Crippen LogP) is 2.54. The first kappa shape index (κ1) is 10.2. The van der Waals surface area contributed by atoms with Crippen molar-refractivity contribution < 1.29 is 4.74 Å². The van der Waals surface area contributed by atoms with Crippen molar-refractivity contribution in [3.63, 3.8) is 0 Å². The van der Waals surface area contributed by atoms with E-state index in [2.05, 4.69) is 38.1 Å². The van der Waals surface area contributed by atoms with E-state index >= 15 is 0 Å². The summed E-state index contributed by atoms with van der Waals surface area (Å²) in [5.74, 6) is 1.52. The molecule has 0 saturated carbocycles. The molecule has 1 aliphatic heterocycles. The zero-order chi connectivity index (χ0) is 10.8. The molecule has 2 N–H and O–H groups in total. The highest BCUT2D eigenvalue weighted by atomic mass is 16.5. The van der Waals surface area contributed by atoms with Crippen LogP contribution in [0.5, 0.6) is 5.75 Å². The van der Waals surface area contributed by atoms with Crippen LogP contribution in [0.4, 0.5) is 0 Å². The molecule has 0 amide bonds. The fraction of sp³-hybridized carbons (Fsp3) is 0.385. The van der Waals surface area contributed by atoms with Gasteiger partial charge in [-0.15, -0.1) is 0 Å². The van der Waals surface area contributed by atoms with E-state index in [4.69, 9.17) is 10.5 Å². The van der Waals surface area contributed by atoms with Gasteiger partial charge in [-0.2, -0.15) is 0 Å². The lowest BCUT2D eigenvalue weighted by Crippen LogP contribution is -2.14. The molecule has 0 bridgehead atoms. The van der Waals surface area contributed by atoms with Gasteiger partial charge in [0.25, 0.3) is 0 Å². The summed E-state index contributed by atoms with van der Waals surface area (Å²) < 4.78 is 5.61. The standard InChI is InChI=1S/C13H17NO/c1-9(2)11-3-4-13-12(6-11)5-10(7-14)8-15-13/h3-6,9H,7-8,14H2,1-2H3. The van der Waals surface area contributed by atoms with Crippen LogP contribution >= 0.6 is 0 Å². The van der Waals surface area contributed by atoms with Gasteiger partial charge in [-0.3, -0.25) is 0 Å². The van der Waals surface area contributed by atoms with Crippen molar-refractivity contribution in [2.75, 3.05) is 13.2 Å². The molecule has 0 unspecified atom stereocenters. The molecule has 2 heteroatoms. The summed E-state index contributed by atoms with van der Waals surface area (Å²) in [5.41, 5.74) is 9.27. The third kappa shape index (κ3) is 2.05. The van der Waals surface area contributed by atoms with E-state index in [1.807, 2.05) is 0 Å². The Morgan fingerprint density at radius 2 is 2.20 bits per heavy atom. The topological polar surface area (TPSA) is 35.2 Å². The first-order valence-corrected chi connectivity index (χ1v) is 5.37. The van der Waals surface area contributed by atoms with E-state index in [0.717, 1.165) is 16.9 Å². The molecule has 1 aromatic rings. The minimum atomic E-state index is 0.548. The smallest absolute Gasteiger partial charge is 0.127 e. The lowest BCUT2D eigenvalue weighted by molar-refractivity contribution is 0.345. The highest BCUT2D eigenvalue weighted by molar-refractivity contribution is 5.63. The highest BCUT2D eigenvalue weighted by Gasteiger charge is 2.11. The van der Waals surface area contributed by atoms with E-state index < -0.39 is 0 Å². The Labute approximate surface area is 90.7 Å². The minimum absolute atomic E-state index is 0.548. The van der Waals surface area contributed by atoms with Crippen molar-refractivity contribution in [1.29, 1.82) is 0 Å². The fourth-order valence-electron chi connectivity index (χ4n) is 1.72. The second kappa shape index (κ2) is 4.07. The Bertz CT molecular complexity index is 394. The normalized spacial score (nSPS) is 14.5. The first-order chi connectivity index (χ1) is 7.20. The van der Waals surface area contributed by atoms with Crippen molar-refractivity contribution in [2.24, 2.45) is 5.73 Å². The molecular weight excluding hydrogens is 186 g/mol. The van der Waals surface area contributed by atoms with Crippen molar-refractivity contribution in [2.45, 2.75) is 19.8 Å². The fourth-order valence-corrected chi connectivity index (χ4v) is 1.72. The molecule has 0 aromatic heterocycles. The van der Waals surface area contributed by atoms with Gasteiger partial charge in [0.1, 0.15) is 12.4 Å². The van der Waals surface area contributed by atoms with Gasteiger partial charge in [-0.25, -0.2) is 0 Å². The summed E-state index contributed by atoms with van der Waals surface area (Å²) in [5, 5.41) is 0. The van der Waals surface area contributed by atoms with E-state index in [-0.39, 0.29) is 0 Å². The van der Waals surface area contributed by atoms with Crippen LogP contribution in [0.1, 0.15) is 30.9 Å². The number of nitrogens with two attached hydrogens (primary N) is 1. The van der Waals surface area contributed by atoms with Gasteiger partial charge in [0.05, 0.1) is 0 Å². The summed E-state index contributed by atoms with van der Waals surface area (Å²) in [6.45, 7) is 5.59. The molecule has 0 fully saturated rings. The molecule has 1 aromatic carbocycles. The van der Waals surface area contributed by atoms with Crippen molar-refractivity contribution >= 4 is 6.08 Å². The van der Waals surface area contributed by atoms with Gasteiger partial charge in [-0.1, -0.05) is 19.9 Å². The predicted molar refractivity (Wildman–Crippen MR) is 63.1 cm³/mol. The third-order valence-electron chi connectivity index (χ3n) is 2.74. The monoisotopic (exact) mass is 203 g/mol. The van der Waals surface area contributed by atoms with Crippen LogP contribution in [0, 0.1) is 0 Å². The largest absolute Gasteiger partial charge is 0.489 e. The maximum Gasteiger partial charge on any atom is 0.127 e. The summed E-state index contributed by atoms with van der Waals surface area (Å²) in [6, 6.07) is 6.37. The number of rotatable bonds is 2. The summed E-state index contributed by atoms with van der Waals surface area (Å²) >= 11 is 0. The number of benzene rings is 1. The van der Waals surface area contributed by atoms with E-state index in [9.17, 15) is 0 Å². The lowest BCUT2D eigenvalue weighted by atomic mass is 9.98. The Morgan fingerprint density at radius 3 is 2.87 bits per heavy atom. The van der Waals surface area contributed by atoms with Gasteiger partial charge >= 0.3 is 0 Å². The molecular formula is C13H17NO. The second-order valence-electron chi connectivity index (χ2n) is 4.25. The molecule has 0 aliphatic carbocycles. The Hall–Kier alpha value is -1.28. The third-order valence-corrected chi connectivity index (χ3v) is 2.74. The van der Waals surface area contributed by atoms with Crippen LogP contribution in [0.3, 0.4) is 0 Å². The van der Waals surface area contributed by atoms with Crippen molar-refractivity contribution in [3.8, 4) is 5.75 Å². The van der Waals surface area contributed by atoms with Crippen LogP contribution in [0.15, 0.2) is 23.8 Å². The number of hydrogen-bond acceptors (Lipinski definition) is 2. The van der Waals surface area contributed by atoms with Gasteiger partial charge < -0.3 is 10.5 Å².